The molecule has 4 aliphatic rings. The molecule has 3 heteroatoms. The molecule has 0 N–H and O–H groups in total. The first kappa shape index (κ1) is 10.6. The minimum Gasteiger partial charge on any atom is -0.197 e. The van der Waals surface area contributed by atoms with E-state index in [2.05, 4.69) is 28.1 Å². The molecule has 0 aliphatic heterocycles. The predicted molar refractivity (Wildman–Crippen MR) is 63.4 cm³/mol. The van der Waals surface area contributed by atoms with Crippen molar-refractivity contribution in [2.24, 2.45) is 29.6 Å². The molecule has 0 spiro atoms. The molecule has 0 radical (unpaired) electrons. The Balaban J connectivity index is 1.90. The maximum atomic E-state index is 9.09. The average molecular weight is 279 g/mol. The summed E-state index contributed by atoms with van der Waals surface area (Å²) in [6.07, 6.45) is 6.20. The number of hydrogen-bond donors (Lipinski definition) is 0. The van der Waals surface area contributed by atoms with Gasteiger partial charge in [-0.3, -0.25) is 0 Å². The Hall–Kier alpha value is -0.540. The van der Waals surface area contributed by atoms with Crippen molar-refractivity contribution < 1.29 is 0 Å². The van der Waals surface area contributed by atoms with Crippen LogP contribution >= 0.6 is 15.9 Å². The number of nitriles is 2. The van der Waals surface area contributed by atoms with Crippen molar-refractivity contribution in [1.29, 1.82) is 10.5 Å². The van der Waals surface area contributed by atoms with Crippen molar-refractivity contribution in [2.75, 3.05) is 0 Å². The Kier molecular flexibility index (Phi) is 2.30. The van der Waals surface area contributed by atoms with Gasteiger partial charge in [-0.25, -0.2) is 0 Å². The summed E-state index contributed by atoms with van der Waals surface area (Å²) in [5.74, 6) is 2.08. The second kappa shape index (κ2) is 3.47. The van der Waals surface area contributed by atoms with Gasteiger partial charge in [0, 0.05) is 4.32 Å². The zero-order valence-electron chi connectivity index (χ0n) is 9.19. The van der Waals surface area contributed by atoms with E-state index in [0.29, 0.717) is 22.1 Å². The maximum absolute atomic E-state index is 9.09. The molecule has 4 saturated carbocycles. The summed E-state index contributed by atoms with van der Waals surface area (Å²) < 4.78 is 0.357. The van der Waals surface area contributed by atoms with Gasteiger partial charge in [-0.2, -0.15) is 10.5 Å². The van der Waals surface area contributed by atoms with Crippen molar-refractivity contribution >= 4 is 15.9 Å². The standard InChI is InChI=1S/C13H15BrN2/c14-13-3-8-1-9(4-13)12(10(2-8)5-13)11(6-15)7-16/h8-12H,1-5H2/t8?,9-,10+,12?,13?. The summed E-state index contributed by atoms with van der Waals surface area (Å²) in [4.78, 5) is 0. The highest BCUT2D eigenvalue weighted by Gasteiger charge is 2.56. The topological polar surface area (TPSA) is 47.6 Å². The Labute approximate surface area is 105 Å². The highest BCUT2D eigenvalue weighted by molar-refractivity contribution is 9.10. The summed E-state index contributed by atoms with van der Waals surface area (Å²) in [6.45, 7) is 0. The van der Waals surface area contributed by atoms with E-state index in [1.54, 1.807) is 0 Å². The Morgan fingerprint density at radius 1 is 1.06 bits per heavy atom. The van der Waals surface area contributed by atoms with E-state index < -0.39 is 0 Å². The minimum atomic E-state index is -0.369. The quantitative estimate of drug-likeness (QED) is 0.692. The van der Waals surface area contributed by atoms with Gasteiger partial charge in [0.25, 0.3) is 0 Å². The normalized spacial score (nSPS) is 49.0. The van der Waals surface area contributed by atoms with Crippen LogP contribution < -0.4 is 0 Å². The van der Waals surface area contributed by atoms with Crippen LogP contribution in [0, 0.1) is 52.3 Å². The van der Waals surface area contributed by atoms with Gasteiger partial charge in [-0.05, 0) is 55.8 Å². The Morgan fingerprint density at radius 3 is 2.06 bits per heavy atom. The fourth-order valence-corrected chi connectivity index (χ4v) is 6.00. The van der Waals surface area contributed by atoms with Crippen LogP contribution in [0.2, 0.25) is 0 Å². The molecule has 84 valence electrons. The lowest BCUT2D eigenvalue weighted by atomic mass is 9.50. The van der Waals surface area contributed by atoms with Crippen LogP contribution in [0.15, 0.2) is 0 Å². The highest BCUT2D eigenvalue weighted by atomic mass is 79.9. The SMILES string of the molecule is N#CC(C#N)C1[C@@H]2CC3C[C@H]1CC(Br)(C3)C2. The third-order valence-corrected chi connectivity index (χ3v) is 5.91. The molecule has 2 nitrogen and oxygen atoms in total. The van der Waals surface area contributed by atoms with E-state index in [9.17, 15) is 0 Å². The average Bonchev–Trinajstić information content (AvgIpc) is 2.21. The van der Waals surface area contributed by atoms with Gasteiger partial charge in [-0.15, -0.1) is 0 Å². The second-order valence-electron chi connectivity index (χ2n) is 5.93. The van der Waals surface area contributed by atoms with Gasteiger partial charge in [-0.1, -0.05) is 15.9 Å². The van der Waals surface area contributed by atoms with Crippen molar-refractivity contribution in [3.8, 4) is 12.1 Å². The van der Waals surface area contributed by atoms with Gasteiger partial charge in [0.05, 0.1) is 12.1 Å². The van der Waals surface area contributed by atoms with E-state index in [1.165, 1.54) is 32.1 Å². The smallest absolute Gasteiger partial charge is 0.136 e. The summed E-state index contributed by atoms with van der Waals surface area (Å²) in [5, 5.41) is 18.2. The van der Waals surface area contributed by atoms with Crippen LogP contribution in [-0.4, -0.2) is 4.32 Å². The van der Waals surface area contributed by atoms with Gasteiger partial charge >= 0.3 is 0 Å². The molecule has 0 saturated heterocycles. The zero-order chi connectivity index (χ0) is 11.3. The molecule has 5 atom stereocenters. The monoisotopic (exact) mass is 278 g/mol. The van der Waals surface area contributed by atoms with E-state index in [0.717, 1.165) is 5.92 Å². The van der Waals surface area contributed by atoms with Crippen molar-refractivity contribution in [3.63, 3.8) is 0 Å². The number of halogens is 1. The van der Waals surface area contributed by atoms with Gasteiger partial charge in [0.2, 0.25) is 0 Å². The first-order chi connectivity index (χ1) is 7.65. The molecule has 4 rings (SSSR count). The van der Waals surface area contributed by atoms with Gasteiger partial charge in [0.1, 0.15) is 5.92 Å². The molecule has 4 bridgehead atoms. The lowest BCUT2D eigenvalue weighted by Gasteiger charge is -2.58. The van der Waals surface area contributed by atoms with Crippen LogP contribution in [0.4, 0.5) is 0 Å². The maximum Gasteiger partial charge on any atom is 0.136 e. The largest absolute Gasteiger partial charge is 0.197 e. The summed E-state index contributed by atoms with van der Waals surface area (Å²) in [6, 6.07) is 4.43. The number of hydrogen-bond acceptors (Lipinski definition) is 2. The Morgan fingerprint density at radius 2 is 1.62 bits per heavy atom. The van der Waals surface area contributed by atoms with Crippen LogP contribution in [0.25, 0.3) is 0 Å². The third-order valence-electron chi connectivity index (χ3n) is 4.93. The van der Waals surface area contributed by atoms with Gasteiger partial charge < -0.3 is 0 Å². The molecular weight excluding hydrogens is 264 g/mol. The number of nitrogens with zero attached hydrogens (tertiary/aromatic N) is 2. The molecule has 0 aromatic rings. The number of rotatable bonds is 1. The molecule has 0 aromatic carbocycles. The first-order valence-electron chi connectivity index (χ1n) is 6.13. The molecule has 0 amide bonds. The van der Waals surface area contributed by atoms with Crippen molar-refractivity contribution in [1.82, 2.24) is 0 Å². The summed E-state index contributed by atoms with van der Waals surface area (Å²) >= 11 is 3.91. The van der Waals surface area contributed by atoms with Crippen molar-refractivity contribution in [2.45, 2.75) is 36.4 Å². The third kappa shape index (κ3) is 1.41. The fraction of sp³-hybridized carbons (Fsp3) is 0.846. The summed E-state index contributed by atoms with van der Waals surface area (Å²) in [5.41, 5.74) is 0. The second-order valence-corrected chi connectivity index (χ2v) is 7.62. The molecule has 0 heterocycles. The summed E-state index contributed by atoms with van der Waals surface area (Å²) in [7, 11) is 0. The lowest BCUT2D eigenvalue weighted by molar-refractivity contribution is -0.0275. The van der Waals surface area contributed by atoms with E-state index in [1.807, 2.05) is 0 Å². The number of alkyl halides is 1. The van der Waals surface area contributed by atoms with Crippen LogP contribution in [-0.2, 0) is 0 Å². The van der Waals surface area contributed by atoms with E-state index >= 15 is 0 Å². The molecule has 16 heavy (non-hydrogen) atoms. The lowest BCUT2D eigenvalue weighted by Crippen LogP contribution is -2.53. The van der Waals surface area contributed by atoms with Crippen LogP contribution in [0.5, 0.6) is 0 Å². The predicted octanol–water partition coefficient (Wildman–Crippen LogP) is 3.24. The van der Waals surface area contributed by atoms with E-state index in [4.69, 9.17) is 10.5 Å². The molecule has 0 aromatic heterocycles. The minimum absolute atomic E-state index is 0.357. The molecule has 3 unspecified atom stereocenters. The van der Waals surface area contributed by atoms with Gasteiger partial charge in [0.15, 0.2) is 0 Å². The molecule has 4 fully saturated rings. The van der Waals surface area contributed by atoms with Crippen molar-refractivity contribution in [3.05, 3.63) is 0 Å². The zero-order valence-corrected chi connectivity index (χ0v) is 10.8. The van der Waals surface area contributed by atoms with Crippen LogP contribution in [0.3, 0.4) is 0 Å². The fourth-order valence-electron chi connectivity index (χ4n) is 4.71. The van der Waals surface area contributed by atoms with E-state index in [-0.39, 0.29) is 5.92 Å². The molecule has 4 aliphatic carbocycles. The first-order valence-corrected chi connectivity index (χ1v) is 6.92. The highest BCUT2D eigenvalue weighted by Crippen LogP contribution is 2.62. The van der Waals surface area contributed by atoms with Crippen LogP contribution in [0.1, 0.15) is 32.1 Å². The molecular formula is C13H15BrN2. The Bertz CT molecular complexity index is 362.